The van der Waals surface area contributed by atoms with E-state index in [0.29, 0.717) is 0 Å². The fourth-order valence-electron chi connectivity index (χ4n) is 2.74. The summed E-state index contributed by atoms with van der Waals surface area (Å²) < 4.78 is 0. The van der Waals surface area contributed by atoms with Gasteiger partial charge in [-0.3, -0.25) is 0 Å². The average molecular weight is 317 g/mol. The summed E-state index contributed by atoms with van der Waals surface area (Å²) in [4.78, 5) is 0. The number of benzene rings is 3. The molecule has 0 unspecified atom stereocenters. The van der Waals surface area contributed by atoms with Gasteiger partial charge in [-0.05, 0) is 67.8 Å². The minimum absolute atomic E-state index is 0.490. The van der Waals surface area contributed by atoms with E-state index in [2.05, 4.69) is 99.4 Å². The van der Waals surface area contributed by atoms with Gasteiger partial charge >= 0.3 is 0 Å². The zero-order chi connectivity index (χ0) is 16.2. The maximum Gasteiger partial charge on any atom is 0.170 e. The molecule has 0 fully saturated rings. The second-order valence-electron chi connectivity index (χ2n) is 5.96. The van der Waals surface area contributed by atoms with Gasteiger partial charge in [0.1, 0.15) is 5.80 Å². The van der Waals surface area contributed by atoms with Gasteiger partial charge in [0.25, 0.3) is 0 Å². The summed E-state index contributed by atoms with van der Waals surface area (Å²) in [6.45, 7) is 6.59. The van der Waals surface area contributed by atoms with Gasteiger partial charge in [0.2, 0.25) is 0 Å². The third-order valence-electron chi connectivity index (χ3n) is 4.22. The summed E-state index contributed by atoms with van der Waals surface area (Å²) in [6.07, 6.45) is 0. The molecule has 3 rings (SSSR count). The Kier molecular flexibility index (Phi) is 4.74. The Morgan fingerprint density at radius 2 is 1.09 bits per heavy atom. The minimum Gasteiger partial charge on any atom is -0.0619 e. The molecule has 0 aliphatic heterocycles. The van der Waals surface area contributed by atoms with Gasteiger partial charge in [-0.1, -0.05) is 42.5 Å². The van der Waals surface area contributed by atoms with Crippen LogP contribution >= 0.6 is 7.55 Å². The van der Waals surface area contributed by atoms with Crippen LogP contribution in [0.2, 0.25) is 0 Å². The lowest BCUT2D eigenvalue weighted by molar-refractivity contribution is 1.29. The molecule has 0 aliphatic carbocycles. The lowest BCUT2D eigenvalue weighted by atomic mass is 10.0. The van der Waals surface area contributed by atoms with Crippen molar-refractivity contribution >= 4 is 24.0 Å². The molecule has 3 aromatic rings. The Morgan fingerprint density at radius 1 is 0.609 bits per heavy atom. The first-order valence-corrected chi connectivity index (χ1v) is 9.38. The highest BCUT2D eigenvalue weighted by atomic mass is 31.1. The van der Waals surface area contributed by atoms with Gasteiger partial charge in [0, 0.05) is 5.56 Å². The first kappa shape index (κ1) is 15.7. The standard InChI is InChI=1S/C22H22P/c1-17-14-19(3)20(15-18(17)2)16-23(21-10-6-4-7-11-21)22-12-8-5-9-13-22/h4-16H,1-3H3/q+1. The minimum atomic E-state index is -0.490. The number of hydrogen-bond donors (Lipinski definition) is 0. The Morgan fingerprint density at radius 3 is 1.61 bits per heavy atom. The lowest BCUT2D eigenvalue weighted by Gasteiger charge is -2.05. The number of hydrogen-bond acceptors (Lipinski definition) is 0. The molecule has 0 aliphatic rings. The molecule has 0 radical (unpaired) electrons. The molecule has 0 heterocycles. The van der Waals surface area contributed by atoms with Crippen LogP contribution in [-0.2, 0) is 0 Å². The Labute approximate surface area is 140 Å². The molecule has 0 bridgehead atoms. The summed E-state index contributed by atoms with van der Waals surface area (Å²) in [7, 11) is -0.490. The highest BCUT2D eigenvalue weighted by Crippen LogP contribution is 2.24. The molecule has 0 amide bonds. The molecule has 0 saturated carbocycles. The van der Waals surface area contributed by atoms with Crippen LogP contribution in [0.3, 0.4) is 0 Å². The Balaban J connectivity index is 2.18. The van der Waals surface area contributed by atoms with Crippen molar-refractivity contribution in [2.24, 2.45) is 0 Å². The smallest absolute Gasteiger partial charge is 0.0619 e. The van der Waals surface area contributed by atoms with Crippen molar-refractivity contribution in [2.45, 2.75) is 20.8 Å². The van der Waals surface area contributed by atoms with Crippen molar-refractivity contribution in [1.29, 1.82) is 0 Å². The molecular formula is C22H22P+. The predicted octanol–water partition coefficient (Wildman–Crippen LogP) is 4.90. The van der Waals surface area contributed by atoms with Gasteiger partial charge in [-0.2, -0.15) is 0 Å². The van der Waals surface area contributed by atoms with E-state index in [9.17, 15) is 0 Å². The van der Waals surface area contributed by atoms with Crippen molar-refractivity contribution in [1.82, 2.24) is 0 Å². The molecule has 0 N–H and O–H groups in total. The second kappa shape index (κ2) is 6.94. The van der Waals surface area contributed by atoms with Crippen molar-refractivity contribution in [3.63, 3.8) is 0 Å². The normalized spacial score (nSPS) is 10.4. The van der Waals surface area contributed by atoms with Crippen molar-refractivity contribution in [3.05, 3.63) is 95.1 Å². The molecule has 0 aromatic heterocycles. The second-order valence-corrected chi connectivity index (χ2v) is 7.99. The third kappa shape index (κ3) is 3.60. The Hall–Kier alpha value is -2.17. The third-order valence-corrected chi connectivity index (χ3v) is 6.46. The van der Waals surface area contributed by atoms with Crippen molar-refractivity contribution in [2.75, 3.05) is 0 Å². The summed E-state index contributed by atoms with van der Waals surface area (Å²) in [5, 5.41) is 2.79. The summed E-state index contributed by atoms with van der Waals surface area (Å²) in [5.41, 5.74) is 5.43. The molecule has 114 valence electrons. The van der Waals surface area contributed by atoms with Crippen LogP contribution in [0, 0.1) is 20.8 Å². The quantitative estimate of drug-likeness (QED) is 0.603. The maximum absolute atomic E-state index is 2.46. The van der Waals surface area contributed by atoms with E-state index in [1.54, 1.807) is 0 Å². The molecule has 1 heteroatoms. The number of rotatable bonds is 3. The molecule has 0 spiro atoms. The van der Waals surface area contributed by atoms with E-state index in [4.69, 9.17) is 0 Å². The topological polar surface area (TPSA) is 0 Å². The maximum atomic E-state index is 2.46. The van der Waals surface area contributed by atoms with Crippen molar-refractivity contribution < 1.29 is 0 Å². The zero-order valence-electron chi connectivity index (χ0n) is 14.0. The van der Waals surface area contributed by atoms with Crippen LogP contribution in [0.25, 0.3) is 0 Å². The van der Waals surface area contributed by atoms with Gasteiger partial charge in [0.05, 0.1) is 0 Å². The number of aryl methyl sites for hydroxylation is 3. The molecule has 0 nitrogen and oxygen atoms in total. The average Bonchev–Trinajstić information content (AvgIpc) is 2.58. The van der Waals surface area contributed by atoms with Gasteiger partial charge in [-0.15, -0.1) is 0 Å². The first-order chi connectivity index (χ1) is 11.1. The molecule has 0 saturated heterocycles. The lowest BCUT2D eigenvalue weighted by Crippen LogP contribution is -2.08. The van der Waals surface area contributed by atoms with Crippen molar-refractivity contribution in [3.8, 4) is 0 Å². The monoisotopic (exact) mass is 317 g/mol. The molecule has 23 heavy (non-hydrogen) atoms. The van der Waals surface area contributed by atoms with E-state index >= 15 is 0 Å². The summed E-state index contributed by atoms with van der Waals surface area (Å²) >= 11 is 0. The van der Waals surface area contributed by atoms with E-state index in [-0.39, 0.29) is 0 Å². The van der Waals surface area contributed by atoms with E-state index in [0.717, 1.165) is 0 Å². The van der Waals surface area contributed by atoms with Crippen LogP contribution in [0.5, 0.6) is 0 Å². The highest BCUT2D eigenvalue weighted by molar-refractivity contribution is 7.72. The largest absolute Gasteiger partial charge is 0.170 e. The van der Waals surface area contributed by atoms with Crippen LogP contribution < -0.4 is 10.6 Å². The molecule has 3 aromatic carbocycles. The van der Waals surface area contributed by atoms with E-state index in [1.165, 1.54) is 32.9 Å². The van der Waals surface area contributed by atoms with Crippen LogP contribution in [0.1, 0.15) is 22.3 Å². The van der Waals surface area contributed by atoms with Crippen LogP contribution in [0.15, 0.2) is 72.8 Å². The SMILES string of the molecule is Cc1cc(C)c(C=[P+](c2ccccc2)c2ccccc2)cc1C. The predicted molar refractivity (Wildman–Crippen MR) is 105 cm³/mol. The first-order valence-electron chi connectivity index (χ1n) is 7.97. The van der Waals surface area contributed by atoms with Gasteiger partial charge in [0.15, 0.2) is 18.2 Å². The van der Waals surface area contributed by atoms with E-state index in [1.807, 2.05) is 0 Å². The zero-order valence-corrected chi connectivity index (χ0v) is 14.8. The Bertz CT molecular complexity index is 789. The van der Waals surface area contributed by atoms with Crippen LogP contribution in [0.4, 0.5) is 0 Å². The van der Waals surface area contributed by atoms with E-state index < -0.39 is 7.55 Å². The fourth-order valence-corrected chi connectivity index (χ4v) is 4.88. The van der Waals surface area contributed by atoms with Gasteiger partial charge < -0.3 is 0 Å². The highest BCUT2D eigenvalue weighted by Gasteiger charge is 2.18. The van der Waals surface area contributed by atoms with Crippen LogP contribution in [-0.4, -0.2) is 5.80 Å². The summed E-state index contributed by atoms with van der Waals surface area (Å²) in [6, 6.07) is 26.3. The summed E-state index contributed by atoms with van der Waals surface area (Å²) in [5.74, 6) is 2.46. The molecular weight excluding hydrogens is 295 g/mol. The fraction of sp³-hybridized carbons (Fsp3) is 0.136. The molecule has 0 atom stereocenters. The van der Waals surface area contributed by atoms with Gasteiger partial charge in [-0.25, -0.2) is 0 Å².